The summed E-state index contributed by atoms with van der Waals surface area (Å²) in [6.07, 6.45) is 2.77. The number of carbonyl (C=O) groups is 3. The Balaban J connectivity index is 2.97. The summed E-state index contributed by atoms with van der Waals surface area (Å²) < 4.78 is 15.6. The van der Waals surface area contributed by atoms with Crippen LogP contribution in [0.15, 0.2) is 18.2 Å². The number of hydrogen-bond acceptors (Lipinski definition) is 6. The molecule has 0 saturated carbocycles. The van der Waals surface area contributed by atoms with E-state index in [0.717, 1.165) is 0 Å². The zero-order chi connectivity index (χ0) is 17.9. The van der Waals surface area contributed by atoms with Crippen LogP contribution in [-0.4, -0.2) is 17.9 Å². The van der Waals surface area contributed by atoms with Crippen LogP contribution in [0.2, 0.25) is 0 Å². The highest BCUT2D eigenvalue weighted by molar-refractivity contribution is 5.76. The molecule has 24 heavy (non-hydrogen) atoms. The molecule has 0 spiro atoms. The van der Waals surface area contributed by atoms with Gasteiger partial charge in [-0.1, -0.05) is 20.8 Å². The van der Waals surface area contributed by atoms with Gasteiger partial charge in [-0.15, -0.1) is 0 Å². The highest BCUT2D eigenvalue weighted by Crippen LogP contribution is 2.29. The number of benzene rings is 1. The van der Waals surface area contributed by atoms with E-state index in [1.165, 1.54) is 18.2 Å². The first-order chi connectivity index (χ1) is 11.5. The molecular formula is C18H24O6. The van der Waals surface area contributed by atoms with Gasteiger partial charge in [0.25, 0.3) is 0 Å². The maximum Gasteiger partial charge on any atom is 0.311 e. The van der Waals surface area contributed by atoms with Crippen molar-refractivity contribution in [2.24, 2.45) is 0 Å². The second kappa shape index (κ2) is 10.4. The van der Waals surface area contributed by atoms with Crippen molar-refractivity contribution in [3.05, 3.63) is 18.2 Å². The first-order valence-electron chi connectivity index (χ1n) is 8.25. The standard InChI is InChI=1S/C18H24O6/c1-4-7-16(19)22-13-10-14(23-17(20)8-5-2)12-15(11-13)24-18(21)9-6-3/h10-12H,4-9H2,1-3H3. The minimum absolute atomic E-state index is 0.176. The number of hydrogen-bond donors (Lipinski definition) is 0. The molecule has 0 aliphatic carbocycles. The average Bonchev–Trinajstić information content (AvgIpc) is 2.47. The van der Waals surface area contributed by atoms with Gasteiger partial charge in [0.15, 0.2) is 0 Å². The Morgan fingerprint density at radius 1 is 0.625 bits per heavy atom. The first kappa shape index (κ1) is 19.7. The molecule has 0 saturated heterocycles. The van der Waals surface area contributed by atoms with E-state index in [-0.39, 0.29) is 36.5 Å². The Labute approximate surface area is 142 Å². The van der Waals surface area contributed by atoms with E-state index in [9.17, 15) is 14.4 Å². The molecule has 0 amide bonds. The minimum Gasteiger partial charge on any atom is -0.426 e. The van der Waals surface area contributed by atoms with Gasteiger partial charge in [0.2, 0.25) is 0 Å². The normalized spacial score (nSPS) is 10.1. The van der Waals surface area contributed by atoms with Gasteiger partial charge in [-0.2, -0.15) is 0 Å². The smallest absolute Gasteiger partial charge is 0.311 e. The number of ether oxygens (including phenoxy) is 3. The third-order valence-corrected chi connectivity index (χ3v) is 2.91. The fourth-order valence-electron chi connectivity index (χ4n) is 1.88. The molecular weight excluding hydrogens is 312 g/mol. The van der Waals surface area contributed by atoms with Gasteiger partial charge in [0.1, 0.15) is 17.2 Å². The van der Waals surface area contributed by atoms with Crippen LogP contribution in [0.1, 0.15) is 59.3 Å². The summed E-state index contributed by atoms with van der Waals surface area (Å²) in [7, 11) is 0. The van der Waals surface area contributed by atoms with Gasteiger partial charge in [-0.3, -0.25) is 14.4 Å². The Bertz CT molecular complexity index is 486. The Morgan fingerprint density at radius 3 is 1.08 bits per heavy atom. The summed E-state index contributed by atoms with van der Waals surface area (Å²) in [6.45, 7) is 5.59. The third-order valence-electron chi connectivity index (χ3n) is 2.91. The molecule has 1 rings (SSSR count). The highest BCUT2D eigenvalue weighted by Gasteiger charge is 2.13. The molecule has 6 nitrogen and oxygen atoms in total. The second-order valence-electron chi connectivity index (χ2n) is 5.31. The van der Waals surface area contributed by atoms with Crippen molar-refractivity contribution in [3.63, 3.8) is 0 Å². The predicted molar refractivity (Wildman–Crippen MR) is 88.1 cm³/mol. The van der Waals surface area contributed by atoms with Crippen molar-refractivity contribution >= 4 is 17.9 Å². The van der Waals surface area contributed by atoms with E-state index < -0.39 is 17.9 Å². The molecule has 0 fully saturated rings. The van der Waals surface area contributed by atoms with Gasteiger partial charge in [-0.05, 0) is 19.3 Å². The van der Waals surface area contributed by atoms with E-state index in [2.05, 4.69) is 0 Å². The van der Waals surface area contributed by atoms with Gasteiger partial charge < -0.3 is 14.2 Å². The van der Waals surface area contributed by atoms with Crippen molar-refractivity contribution in [1.82, 2.24) is 0 Å². The summed E-state index contributed by atoms with van der Waals surface area (Å²) in [5.74, 6) is -0.681. The summed E-state index contributed by atoms with van der Waals surface area (Å²) >= 11 is 0. The largest absolute Gasteiger partial charge is 0.426 e. The lowest BCUT2D eigenvalue weighted by molar-refractivity contribution is -0.134. The van der Waals surface area contributed by atoms with Crippen LogP contribution in [0.5, 0.6) is 17.2 Å². The van der Waals surface area contributed by atoms with Crippen LogP contribution in [-0.2, 0) is 14.4 Å². The molecule has 132 valence electrons. The molecule has 0 N–H and O–H groups in total. The topological polar surface area (TPSA) is 78.9 Å². The second-order valence-corrected chi connectivity index (χ2v) is 5.31. The van der Waals surface area contributed by atoms with E-state index in [1.807, 2.05) is 20.8 Å². The minimum atomic E-state index is -0.402. The molecule has 0 unspecified atom stereocenters. The van der Waals surface area contributed by atoms with E-state index in [0.29, 0.717) is 19.3 Å². The van der Waals surface area contributed by atoms with Gasteiger partial charge in [0, 0.05) is 37.5 Å². The maximum atomic E-state index is 11.6. The van der Waals surface area contributed by atoms with Crippen molar-refractivity contribution in [2.75, 3.05) is 0 Å². The van der Waals surface area contributed by atoms with E-state index in [4.69, 9.17) is 14.2 Å². The number of esters is 3. The van der Waals surface area contributed by atoms with Crippen molar-refractivity contribution in [3.8, 4) is 17.2 Å². The fraction of sp³-hybridized carbons (Fsp3) is 0.500. The average molecular weight is 336 g/mol. The quantitative estimate of drug-likeness (QED) is 0.504. The molecule has 1 aromatic carbocycles. The molecule has 0 radical (unpaired) electrons. The zero-order valence-corrected chi connectivity index (χ0v) is 14.4. The van der Waals surface area contributed by atoms with Crippen molar-refractivity contribution in [1.29, 1.82) is 0 Å². The lowest BCUT2D eigenvalue weighted by Gasteiger charge is -2.10. The van der Waals surface area contributed by atoms with Crippen molar-refractivity contribution in [2.45, 2.75) is 59.3 Å². The lowest BCUT2D eigenvalue weighted by Crippen LogP contribution is -2.11. The van der Waals surface area contributed by atoms with Crippen LogP contribution in [0.4, 0.5) is 0 Å². The van der Waals surface area contributed by atoms with Crippen LogP contribution in [0.25, 0.3) is 0 Å². The Kier molecular flexibility index (Phi) is 8.54. The van der Waals surface area contributed by atoms with Crippen molar-refractivity contribution < 1.29 is 28.6 Å². The van der Waals surface area contributed by atoms with Gasteiger partial charge in [0.05, 0.1) is 0 Å². The zero-order valence-electron chi connectivity index (χ0n) is 14.4. The van der Waals surface area contributed by atoms with Crippen LogP contribution in [0.3, 0.4) is 0 Å². The summed E-state index contributed by atoms with van der Waals surface area (Å²) in [5, 5.41) is 0. The van der Waals surface area contributed by atoms with E-state index >= 15 is 0 Å². The number of rotatable bonds is 9. The third kappa shape index (κ3) is 7.26. The summed E-state index contributed by atoms with van der Waals surface area (Å²) in [4.78, 5) is 34.9. The lowest BCUT2D eigenvalue weighted by atomic mass is 10.3. The Morgan fingerprint density at radius 2 is 0.875 bits per heavy atom. The molecule has 0 bridgehead atoms. The molecule has 6 heteroatoms. The number of carbonyl (C=O) groups excluding carboxylic acids is 3. The highest BCUT2D eigenvalue weighted by atomic mass is 16.6. The molecule has 0 aliphatic rings. The van der Waals surface area contributed by atoms with E-state index in [1.54, 1.807) is 0 Å². The predicted octanol–water partition coefficient (Wildman–Crippen LogP) is 3.80. The molecule has 0 heterocycles. The summed E-state index contributed by atoms with van der Waals surface area (Å²) in [6, 6.07) is 4.29. The molecule has 0 aliphatic heterocycles. The SMILES string of the molecule is CCCC(=O)Oc1cc(OC(=O)CCC)cc(OC(=O)CCC)c1. The molecule has 1 aromatic rings. The monoisotopic (exact) mass is 336 g/mol. The molecule has 0 atom stereocenters. The first-order valence-corrected chi connectivity index (χ1v) is 8.25. The van der Waals surface area contributed by atoms with Crippen LogP contribution >= 0.6 is 0 Å². The van der Waals surface area contributed by atoms with Gasteiger partial charge >= 0.3 is 17.9 Å². The van der Waals surface area contributed by atoms with Gasteiger partial charge in [-0.25, -0.2) is 0 Å². The maximum absolute atomic E-state index is 11.6. The Hall–Kier alpha value is -2.37. The molecule has 0 aromatic heterocycles. The summed E-state index contributed by atoms with van der Waals surface area (Å²) in [5.41, 5.74) is 0. The fourth-order valence-corrected chi connectivity index (χ4v) is 1.88. The van der Waals surface area contributed by atoms with Crippen LogP contribution in [0, 0.1) is 0 Å². The van der Waals surface area contributed by atoms with Crippen LogP contribution < -0.4 is 14.2 Å².